The van der Waals surface area contributed by atoms with E-state index in [4.69, 9.17) is 5.73 Å². The van der Waals surface area contributed by atoms with Crippen molar-refractivity contribution in [2.75, 3.05) is 13.1 Å². The normalized spacial score (nSPS) is 18.1. The monoisotopic (exact) mass is 292 g/mol. The van der Waals surface area contributed by atoms with Gasteiger partial charge in [0.05, 0.1) is 0 Å². The highest BCUT2D eigenvalue weighted by molar-refractivity contribution is 5.28. The van der Waals surface area contributed by atoms with Crippen LogP contribution in [0.3, 0.4) is 0 Å². The van der Waals surface area contributed by atoms with Gasteiger partial charge in [0.25, 0.3) is 0 Å². The van der Waals surface area contributed by atoms with Crippen molar-refractivity contribution >= 4 is 0 Å². The SMILES string of the molecule is CCC(CC)(C(N)Cc1ccc(F)cc1C)N1CCCC1. The van der Waals surface area contributed by atoms with Crippen molar-refractivity contribution < 1.29 is 4.39 Å². The Morgan fingerprint density at radius 3 is 2.38 bits per heavy atom. The minimum atomic E-state index is -0.165. The van der Waals surface area contributed by atoms with Gasteiger partial charge in [-0.25, -0.2) is 4.39 Å². The lowest BCUT2D eigenvalue weighted by Crippen LogP contribution is -2.59. The average Bonchev–Trinajstić information content (AvgIpc) is 2.99. The first kappa shape index (κ1) is 16.4. The summed E-state index contributed by atoms with van der Waals surface area (Å²) in [6, 6.07) is 5.14. The smallest absolute Gasteiger partial charge is 0.123 e. The summed E-state index contributed by atoms with van der Waals surface area (Å²) in [6.45, 7) is 8.80. The quantitative estimate of drug-likeness (QED) is 0.867. The third-order valence-electron chi connectivity index (χ3n) is 5.39. The molecule has 0 aliphatic carbocycles. The molecule has 1 fully saturated rings. The van der Waals surface area contributed by atoms with E-state index >= 15 is 0 Å². The van der Waals surface area contributed by atoms with Gasteiger partial charge in [-0.3, -0.25) is 4.90 Å². The van der Waals surface area contributed by atoms with Crippen molar-refractivity contribution in [3.63, 3.8) is 0 Å². The number of halogens is 1. The van der Waals surface area contributed by atoms with Crippen molar-refractivity contribution in [3.05, 3.63) is 35.1 Å². The number of likely N-dealkylation sites (tertiary alicyclic amines) is 1. The maximum atomic E-state index is 13.3. The Morgan fingerprint density at radius 1 is 1.24 bits per heavy atom. The van der Waals surface area contributed by atoms with E-state index < -0.39 is 0 Å². The second kappa shape index (κ2) is 6.89. The fourth-order valence-corrected chi connectivity index (χ4v) is 3.93. The van der Waals surface area contributed by atoms with E-state index in [0.717, 1.165) is 37.9 Å². The van der Waals surface area contributed by atoms with E-state index in [1.54, 1.807) is 12.1 Å². The summed E-state index contributed by atoms with van der Waals surface area (Å²) in [6.07, 6.45) is 5.54. The lowest BCUT2D eigenvalue weighted by Gasteiger charge is -2.45. The van der Waals surface area contributed by atoms with Gasteiger partial charge in [0.1, 0.15) is 5.82 Å². The zero-order valence-corrected chi connectivity index (χ0v) is 13.7. The molecule has 1 heterocycles. The van der Waals surface area contributed by atoms with Gasteiger partial charge in [0.2, 0.25) is 0 Å². The average molecular weight is 292 g/mol. The van der Waals surface area contributed by atoms with Gasteiger partial charge >= 0.3 is 0 Å². The second-order valence-electron chi connectivity index (χ2n) is 6.39. The molecule has 1 aromatic rings. The highest BCUT2D eigenvalue weighted by Gasteiger charge is 2.40. The maximum Gasteiger partial charge on any atom is 0.123 e. The van der Waals surface area contributed by atoms with Gasteiger partial charge in [0.15, 0.2) is 0 Å². The lowest BCUT2D eigenvalue weighted by molar-refractivity contribution is 0.0768. The van der Waals surface area contributed by atoms with Gasteiger partial charge in [0, 0.05) is 11.6 Å². The lowest BCUT2D eigenvalue weighted by atomic mass is 9.80. The first-order valence-corrected chi connectivity index (χ1v) is 8.29. The molecule has 0 amide bonds. The minimum absolute atomic E-state index is 0.0807. The fourth-order valence-electron chi connectivity index (χ4n) is 3.93. The molecule has 0 saturated carbocycles. The number of nitrogens with zero attached hydrogens (tertiary/aromatic N) is 1. The first-order valence-electron chi connectivity index (χ1n) is 8.29. The van der Waals surface area contributed by atoms with Crippen LogP contribution in [0.2, 0.25) is 0 Å². The number of rotatable bonds is 6. The molecule has 0 aromatic heterocycles. The van der Waals surface area contributed by atoms with E-state index in [0.29, 0.717) is 0 Å². The van der Waals surface area contributed by atoms with Crippen molar-refractivity contribution in [2.24, 2.45) is 5.73 Å². The number of hydrogen-bond donors (Lipinski definition) is 1. The Morgan fingerprint density at radius 2 is 1.86 bits per heavy atom. The molecular weight excluding hydrogens is 263 g/mol. The molecule has 0 bridgehead atoms. The van der Waals surface area contributed by atoms with Gasteiger partial charge in [-0.05, 0) is 75.4 Å². The van der Waals surface area contributed by atoms with Crippen LogP contribution in [0.5, 0.6) is 0 Å². The molecular formula is C18H29FN2. The molecule has 2 rings (SSSR count). The van der Waals surface area contributed by atoms with E-state index in [1.807, 2.05) is 13.0 Å². The molecule has 1 aromatic carbocycles. The Hall–Kier alpha value is -0.930. The largest absolute Gasteiger partial charge is 0.326 e. The van der Waals surface area contributed by atoms with Crippen LogP contribution in [-0.4, -0.2) is 29.6 Å². The molecule has 2 nitrogen and oxygen atoms in total. The Kier molecular flexibility index (Phi) is 5.39. The van der Waals surface area contributed by atoms with Crippen LogP contribution in [-0.2, 0) is 6.42 Å². The highest BCUT2D eigenvalue weighted by Crippen LogP contribution is 2.32. The van der Waals surface area contributed by atoms with Gasteiger partial charge in [-0.15, -0.1) is 0 Å². The zero-order valence-electron chi connectivity index (χ0n) is 13.7. The molecule has 118 valence electrons. The molecule has 1 unspecified atom stereocenters. The van der Waals surface area contributed by atoms with Gasteiger partial charge in [-0.2, -0.15) is 0 Å². The molecule has 0 radical (unpaired) electrons. The standard InChI is InChI=1S/C18H29FN2/c1-4-18(5-2,21-10-6-7-11-21)17(20)13-15-8-9-16(19)12-14(15)3/h8-9,12,17H,4-7,10-11,13,20H2,1-3H3. The first-order chi connectivity index (χ1) is 10.0. The molecule has 2 N–H and O–H groups in total. The van der Waals surface area contributed by atoms with Gasteiger partial charge < -0.3 is 5.73 Å². The summed E-state index contributed by atoms with van der Waals surface area (Å²) in [7, 11) is 0. The minimum Gasteiger partial charge on any atom is -0.326 e. The van der Waals surface area contributed by atoms with E-state index in [9.17, 15) is 4.39 Å². The third kappa shape index (κ3) is 3.29. The maximum absolute atomic E-state index is 13.3. The van der Waals surface area contributed by atoms with Crippen LogP contribution < -0.4 is 5.73 Å². The predicted octanol–water partition coefficient (Wildman–Crippen LogP) is 3.66. The fraction of sp³-hybridized carbons (Fsp3) is 0.667. The molecule has 1 aliphatic heterocycles. The molecule has 1 atom stereocenters. The van der Waals surface area contributed by atoms with Crippen LogP contribution >= 0.6 is 0 Å². The summed E-state index contributed by atoms with van der Waals surface area (Å²) in [5.41, 5.74) is 8.92. The molecule has 3 heteroatoms. The topological polar surface area (TPSA) is 29.3 Å². The molecule has 21 heavy (non-hydrogen) atoms. The highest BCUT2D eigenvalue weighted by atomic mass is 19.1. The third-order valence-corrected chi connectivity index (χ3v) is 5.39. The predicted molar refractivity (Wildman–Crippen MR) is 86.9 cm³/mol. The summed E-state index contributed by atoms with van der Waals surface area (Å²) < 4.78 is 13.3. The van der Waals surface area contributed by atoms with E-state index in [-0.39, 0.29) is 17.4 Å². The molecule has 0 spiro atoms. The van der Waals surface area contributed by atoms with Crippen molar-refractivity contribution in [1.82, 2.24) is 4.90 Å². The van der Waals surface area contributed by atoms with E-state index in [1.165, 1.54) is 18.4 Å². The summed E-state index contributed by atoms with van der Waals surface area (Å²) in [5.74, 6) is -0.165. The van der Waals surface area contributed by atoms with Crippen molar-refractivity contribution in [2.45, 2.75) is 64.5 Å². The van der Waals surface area contributed by atoms with Crippen molar-refractivity contribution in [1.29, 1.82) is 0 Å². The summed E-state index contributed by atoms with van der Waals surface area (Å²) in [5, 5.41) is 0. The number of hydrogen-bond acceptors (Lipinski definition) is 2. The number of aryl methyl sites for hydroxylation is 1. The van der Waals surface area contributed by atoms with E-state index in [2.05, 4.69) is 18.7 Å². The van der Waals surface area contributed by atoms with Crippen LogP contribution in [0.25, 0.3) is 0 Å². The van der Waals surface area contributed by atoms with Crippen LogP contribution in [0.4, 0.5) is 4.39 Å². The Labute approximate surface area is 128 Å². The van der Waals surface area contributed by atoms with Crippen LogP contribution in [0.1, 0.15) is 50.7 Å². The Balaban J connectivity index is 2.20. The number of benzene rings is 1. The van der Waals surface area contributed by atoms with Gasteiger partial charge in [-0.1, -0.05) is 19.9 Å². The second-order valence-corrected chi connectivity index (χ2v) is 6.39. The summed E-state index contributed by atoms with van der Waals surface area (Å²) >= 11 is 0. The molecule has 1 aliphatic rings. The van der Waals surface area contributed by atoms with Crippen LogP contribution in [0, 0.1) is 12.7 Å². The molecule has 1 saturated heterocycles. The summed E-state index contributed by atoms with van der Waals surface area (Å²) in [4.78, 5) is 2.59. The zero-order chi connectivity index (χ0) is 15.5. The number of nitrogens with two attached hydrogens (primary N) is 1. The van der Waals surface area contributed by atoms with Crippen LogP contribution in [0.15, 0.2) is 18.2 Å². The Bertz CT molecular complexity index is 462. The van der Waals surface area contributed by atoms with Crippen molar-refractivity contribution in [3.8, 4) is 0 Å².